The third-order valence-electron chi connectivity index (χ3n) is 2.82. The Kier molecular flexibility index (Phi) is 3.69. The standard InChI is InChI=1S/C14H13ClN2O/c1-9(17-12-6-7-12)13(8-16)14(18)10-2-4-11(15)5-3-10/h2-5,12,17H,6-7H2,1H3/b13-9+. The van der Waals surface area contributed by atoms with Crippen molar-refractivity contribution in [2.24, 2.45) is 0 Å². The summed E-state index contributed by atoms with van der Waals surface area (Å²) in [5.41, 5.74) is 1.30. The van der Waals surface area contributed by atoms with E-state index in [9.17, 15) is 4.79 Å². The Morgan fingerprint density at radius 3 is 2.50 bits per heavy atom. The second-order valence-electron chi connectivity index (χ2n) is 4.37. The SMILES string of the molecule is C/C(NC1CC1)=C(/C#N)C(=O)c1ccc(Cl)cc1. The molecule has 92 valence electrons. The average Bonchev–Trinajstić information content (AvgIpc) is 3.14. The van der Waals surface area contributed by atoms with Crippen LogP contribution in [-0.2, 0) is 0 Å². The van der Waals surface area contributed by atoms with Gasteiger partial charge in [-0.3, -0.25) is 4.79 Å². The van der Waals surface area contributed by atoms with Crippen LogP contribution in [0.2, 0.25) is 5.02 Å². The van der Waals surface area contributed by atoms with Gasteiger partial charge in [0.15, 0.2) is 0 Å². The van der Waals surface area contributed by atoms with E-state index in [1.165, 1.54) is 0 Å². The molecule has 0 bridgehead atoms. The molecule has 1 N–H and O–H groups in total. The molecule has 0 aliphatic heterocycles. The Morgan fingerprint density at radius 1 is 1.39 bits per heavy atom. The lowest BCUT2D eigenvalue weighted by molar-refractivity contribution is 0.103. The third-order valence-corrected chi connectivity index (χ3v) is 3.07. The molecule has 2 rings (SSSR count). The molecule has 4 heteroatoms. The topological polar surface area (TPSA) is 52.9 Å². The molecular weight excluding hydrogens is 248 g/mol. The fourth-order valence-corrected chi connectivity index (χ4v) is 1.78. The number of nitrogens with zero attached hydrogens (tertiary/aromatic N) is 1. The van der Waals surface area contributed by atoms with Crippen LogP contribution in [0.4, 0.5) is 0 Å². The molecule has 0 unspecified atom stereocenters. The number of benzene rings is 1. The van der Waals surface area contributed by atoms with Crippen LogP contribution in [0.1, 0.15) is 30.1 Å². The zero-order valence-electron chi connectivity index (χ0n) is 10.0. The predicted molar refractivity (Wildman–Crippen MR) is 70.3 cm³/mol. The second-order valence-corrected chi connectivity index (χ2v) is 4.80. The number of carbonyl (C=O) groups is 1. The van der Waals surface area contributed by atoms with Gasteiger partial charge in [-0.05, 0) is 44.0 Å². The smallest absolute Gasteiger partial charge is 0.205 e. The van der Waals surface area contributed by atoms with Crippen LogP contribution in [-0.4, -0.2) is 11.8 Å². The maximum Gasteiger partial charge on any atom is 0.205 e. The first-order chi connectivity index (χ1) is 8.61. The van der Waals surface area contributed by atoms with Gasteiger partial charge < -0.3 is 5.32 Å². The first-order valence-electron chi connectivity index (χ1n) is 5.79. The minimum atomic E-state index is -0.264. The van der Waals surface area contributed by atoms with E-state index in [0.29, 0.717) is 22.3 Å². The summed E-state index contributed by atoms with van der Waals surface area (Å²) in [5.74, 6) is -0.264. The molecule has 18 heavy (non-hydrogen) atoms. The molecular formula is C14H13ClN2O. The number of hydrogen-bond donors (Lipinski definition) is 1. The summed E-state index contributed by atoms with van der Waals surface area (Å²) in [6.45, 7) is 1.77. The molecule has 0 amide bonds. The Morgan fingerprint density at radius 2 is 2.00 bits per heavy atom. The molecule has 1 saturated carbocycles. The summed E-state index contributed by atoms with van der Waals surface area (Å²) in [6, 6.07) is 8.96. The van der Waals surface area contributed by atoms with Crippen molar-refractivity contribution < 1.29 is 4.79 Å². The van der Waals surface area contributed by atoms with Crippen molar-refractivity contribution in [3.63, 3.8) is 0 Å². The van der Waals surface area contributed by atoms with E-state index in [2.05, 4.69) is 5.32 Å². The number of halogens is 1. The fourth-order valence-electron chi connectivity index (χ4n) is 1.66. The van der Waals surface area contributed by atoms with Crippen molar-refractivity contribution in [3.8, 4) is 6.07 Å². The minimum absolute atomic E-state index is 0.171. The number of Topliss-reactive ketones (excluding diaryl/α,β-unsaturated/α-hetero) is 1. The van der Waals surface area contributed by atoms with Crippen LogP contribution < -0.4 is 5.32 Å². The van der Waals surface area contributed by atoms with Crippen LogP contribution in [0.5, 0.6) is 0 Å². The second kappa shape index (κ2) is 5.24. The van der Waals surface area contributed by atoms with E-state index < -0.39 is 0 Å². The zero-order chi connectivity index (χ0) is 13.1. The van der Waals surface area contributed by atoms with Crippen molar-refractivity contribution >= 4 is 17.4 Å². The van der Waals surface area contributed by atoms with Gasteiger partial charge in [-0.15, -0.1) is 0 Å². The Hall–Kier alpha value is -1.79. The van der Waals surface area contributed by atoms with Gasteiger partial charge in [0.25, 0.3) is 0 Å². The van der Waals surface area contributed by atoms with E-state index in [0.717, 1.165) is 12.8 Å². The quantitative estimate of drug-likeness (QED) is 0.514. The molecule has 0 atom stereocenters. The number of nitrogens with one attached hydrogen (secondary N) is 1. The van der Waals surface area contributed by atoms with Crippen molar-refractivity contribution in [2.75, 3.05) is 0 Å². The number of carbonyl (C=O) groups excluding carboxylic acids is 1. The van der Waals surface area contributed by atoms with Gasteiger partial charge in [0, 0.05) is 22.3 Å². The highest BCUT2D eigenvalue weighted by molar-refractivity contribution is 6.30. The van der Waals surface area contributed by atoms with Gasteiger partial charge in [0.05, 0.1) is 0 Å². The van der Waals surface area contributed by atoms with Gasteiger partial charge in [-0.2, -0.15) is 5.26 Å². The molecule has 0 spiro atoms. The van der Waals surface area contributed by atoms with E-state index in [4.69, 9.17) is 16.9 Å². The Bertz CT molecular complexity index is 536. The summed E-state index contributed by atoms with van der Waals surface area (Å²) >= 11 is 5.77. The third kappa shape index (κ3) is 2.91. The van der Waals surface area contributed by atoms with Crippen molar-refractivity contribution in [1.82, 2.24) is 5.32 Å². The summed E-state index contributed by atoms with van der Waals surface area (Å²) in [6.07, 6.45) is 2.20. The molecule has 0 heterocycles. The number of ketones is 1. The van der Waals surface area contributed by atoms with E-state index in [1.54, 1.807) is 31.2 Å². The van der Waals surface area contributed by atoms with E-state index in [-0.39, 0.29) is 11.4 Å². The molecule has 0 saturated heterocycles. The van der Waals surface area contributed by atoms with Gasteiger partial charge >= 0.3 is 0 Å². The number of hydrogen-bond acceptors (Lipinski definition) is 3. The molecule has 1 aromatic carbocycles. The molecule has 1 aliphatic rings. The zero-order valence-corrected chi connectivity index (χ0v) is 10.8. The summed E-state index contributed by atoms with van der Waals surface area (Å²) in [5, 5.41) is 12.9. The van der Waals surface area contributed by atoms with Gasteiger partial charge in [0.2, 0.25) is 5.78 Å². The Balaban J connectivity index is 2.24. The van der Waals surface area contributed by atoms with E-state index >= 15 is 0 Å². The number of allylic oxidation sites excluding steroid dienone is 2. The van der Waals surface area contributed by atoms with Crippen molar-refractivity contribution in [2.45, 2.75) is 25.8 Å². The highest BCUT2D eigenvalue weighted by Crippen LogP contribution is 2.22. The first-order valence-corrected chi connectivity index (χ1v) is 6.17. The summed E-state index contributed by atoms with van der Waals surface area (Å²) in [7, 11) is 0. The van der Waals surface area contributed by atoms with Crippen molar-refractivity contribution in [3.05, 3.63) is 46.1 Å². The molecule has 0 radical (unpaired) electrons. The normalized spacial score (nSPS) is 15.6. The Labute approximate surface area is 111 Å². The lowest BCUT2D eigenvalue weighted by Crippen LogP contribution is -2.18. The van der Waals surface area contributed by atoms with Gasteiger partial charge in [-0.25, -0.2) is 0 Å². The van der Waals surface area contributed by atoms with Crippen LogP contribution >= 0.6 is 11.6 Å². The highest BCUT2D eigenvalue weighted by Gasteiger charge is 2.23. The van der Waals surface area contributed by atoms with Gasteiger partial charge in [-0.1, -0.05) is 11.6 Å². The molecule has 1 aromatic rings. The monoisotopic (exact) mass is 260 g/mol. The van der Waals surface area contributed by atoms with Crippen molar-refractivity contribution in [1.29, 1.82) is 5.26 Å². The molecule has 0 aromatic heterocycles. The summed E-state index contributed by atoms with van der Waals surface area (Å²) < 4.78 is 0. The minimum Gasteiger partial charge on any atom is -0.385 e. The lowest BCUT2D eigenvalue weighted by atomic mass is 10.0. The maximum absolute atomic E-state index is 12.2. The van der Waals surface area contributed by atoms with Crippen LogP contribution in [0.25, 0.3) is 0 Å². The first kappa shape index (κ1) is 12.7. The largest absolute Gasteiger partial charge is 0.385 e. The van der Waals surface area contributed by atoms with Crippen LogP contribution in [0.3, 0.4) is 0 Å². The fraction of sp³-hybridized carbons (Fsp3) is 0.286. The molecule has 1 aliphatic carbocycles. The van der Waals surface area contributed by atoms with E-state index in [1.807, 2.05) is 6.07 Å². The summed E-state index contributed by atoms with van der Waals surface area (Å²) in [4.78, 5) is 12.2. The number of rotatable bonds is 4. The predicted octanol–water partition coefficient (Wildman–Crippen LogP) is 3.07. The molecule has 3 nitrogen and oxygen atoms in total. The lowest BCUT2D eigenvalue weighted by Gasteiger charge is -2.07. The van der Waals surface area contributed by atoms with Gasteiger partial charge in [0.1, 0.15) is 11.6 Å². The van der Waals surface area contributed by atoms with Crippen LogP contribution in [0.15, 0.2) is 35.5 Å². The maximum atomic E-state index is 12.2. The highest BCUT2D eigenvalue weighted by atomic mass is 35.5. The van der Waals surface area contributed by atoms with Crippen LogP contribution in [0, 0.1) is 11.3 Å². The number of nitriles is 1. The average molecular weight is 261 g/mol. The molecule has 1 fully saturated rings.